The number of fused-ring (bicyclic) bond motifs is 2. The number of anilines is 1. The molecule has 6 nitrogen and oxygen atoms in total. The Bertz CT molecular complexity index is 1200. The smallest absolute Gasteiger partial charge is 0.291 e. The van der Waals surface area contributed by atoms with E-state index in [0.717, 1.165) is 41.0 Å². The van der Waals surface area contributed by atoms with Gasteiger partial charge in [-0.15, -0.1) is 0 Å². The second-order valence-corrected chi connectivity index (χ2v) is 7.57. The molecule has 0 radical (unpaired) electrons. The monoisotopic (exact) mass is 401 g/mol. The zero-order valence-corrected chi connectivity index (χ0v) is 16.9. The lowest BCUT2D eigenvalue weighted by molar-refractivity contribution is 0.0992. The molecule has 152 valence electrons. The van der Waals surface area contributed by atoms with Gasteiger partial charge in [-0.25, -0.2) is 4.98 Å². The lowest BCUT2D eigenvalue weighted by Gasteiger charge is -2.11. The maximum atomic E-state index is 13.0. The summed E-state index contributed by atoms with van der Waals surface area (Å²) in [6.45, 7) is 1.33. The van der Waals surface area contributed by atoms with E-state index in [1.54, 1.807) is 7.11 Å². The number of furan rings is 1. The van der Waals surface area contributed by atoms with E-state index >= 15 is 0 Å². The van der Waals surface area contributed by atoms with Gasteiger partial charge in [0.1, 0.15) is 11.4 Å². The Morgan fingerprint density at radius 2 is 2.10 bits per heavy atom. The fraction of sp³-hybridized carbons (Fsp3) is 0.250. The highest BCUT2D eigenvalue weighted by molar-refractivity contribution is 6.06. The van der Waals surface area contributed by atoms with Crippen LogP contribution < -0.4 is 5.32 Å². The molecule has 1 aliphatic heterocycles. The molecule has 3 heterocycles. The average Bonchev–Trinajstić information content (AvgIpc) is 3.36. The van der Waals surface area contributed by atoms with Gasteiger partial charge in [0, 0.05) is 48.5 Å². The van der Waals surface area contributed by atoms with E-state index in [1.807, 2.05) is 48.5 Å². The van der Waals surface area contributed by atoms with Crippen molar-refractivity contribution in [3.63, 3.8) is 0 Å². The fourth-order valence-corrected chi connectivity index (χ4v) is 4.07. The van der Waals surface area contributed by atoms with E-state index in [0.29, 0.717) is 17.9 Å². The average molecular weight is 401 g/mol. The van der Waals surface area contributed by atoms with Crippen molar-refractivity contribution in [1.29, 1.82) is 0 Å². The Hall–Kier alpha value is -3.38. The molecule has 0 atom stereocenters. The molecular weight excluding hydrogens is 378 g/mol. The van der Waals surface area contributed by atoms with E-state index in [1.165, 1.54) is 12.8 Å². The molecule has 2 aromatic heterocycles. The summed E-state index contributed by atoms with van der Waals surface area (Å²) >= 11 is 0. The first-order chi connectivity index (χ1) is 14.7. The van der Waals surface area contributed by atoms with Crippen LogP contribution in [0.3, 0.4) is 0 Å². The summed E-state index contributed by atoms with van der Waals surface area (Å²) in [5.74, 6) is 1.12. The van der Waals surface area contributed by atoms with Crippen LogP contribution in [-0.2, 0) is 24.3 Å². The van der Waals surface area contributed by atoms with Crippen molar-refractivity contribution in [1.82, 2.24) is 9.55 Å². The first kappa shape index (κ1) is 18.6. The largest absolute Gasteiger partial charge is 0.451 e. The van der Waals surface area contributed by atoms with E-state index < -0.39 is 0 Å². The van der Waals surface area contributed by atoms with Crippen LogP contribution in [-0.4, -0.2) is 22.6 Å². The van der Waals surface area contributed by atoms with Crippen molar-refractivity contribution in [2.45, 2.75) is 32.4 Å². The fourth-order valence-electron chi connectivity index (χ4n) is 4.07. The van der Waals surface area contributed by atoms with Gasteiger partial charge in [-0.05, 0) is 31.0 Å². The van der Waals surface area contributed by atoms with Gasteiger partial charge in [0.05, 0.1) is 12.3 Å². The van der Waals surface area contributed by atoms with Gasteiger partial charge in [0.15, 0.2) is 5.76 Å². The Labute approximate surface area is 174 Å². The lowest BCUT2D eigenvalue weighted by Crippen LogP contribution is -2.13. The van der Waals surface area contributed by atoms with E-state index in [9.17, 15) is 4.79 Å². The predicted molar refractivity (Wildman–Crippen MR) is 115 cm³/mol. The molecule has 6 heteroatoms. The standard InChI is InChI=1S/C24H23N3O3/c1-29-15-19-18-9-2-3-10-21(18)30-23(19)24(28)25-17-8-6-7-16(13-17)20-14-27-12-5-4-11-22(27)26-20/h2-3,6-10,13-14H,4-5,11-12,15H2,1H3,(H,25,28). The molecule has 0 fully saturated rings. The SMILES string of the molecule is COCc1c(C(=O)Nc2cccc(-c3cn4c(n3)CCCC4)c2)oc2ccccc12. The number of ether oxygens (including phenoxy) is 1. The van der Waals surface area contributed by atoms with Crippen molar-refractivity contribution < 1.29 is 13.9 Å². The minimum absolute atomic E-state index is 0.279. The molecule has 1 amide bonds. The summed E-state index contributed by atoms with van der Waals surface area (Å²) in [6, 6.07) is 15.4. The number of carbonyl (C=O) groups excluding carboxylic acids is 1. The van der Waals surface area contributed by atoms with Crippen molar-refractivity contribution in [2.75, 3.05) is 12.4 Å². The maximum Gasteiger partial charge on any atom is 0.291 e. The first-order valence-electron chi connectivity index (χ1n) is 10.2. The molecule has 1 N–H and O–H groups in total. The van der Waals surface area contributed by atoms with Gasteiger partial charge in [0.2, 0.25) is 0 Å². The third-order valence-corrected chi connectivity index (χ3v) is 5.52. The molecule has 0 spiro atoms. The normalized spacial score (nSPS) is 13.4. The summed E-state index contributed by atoms with van der Waals surface area (Å²) in [4.78, 5) is 17.8. The number of nitrogens with zero attached hydrogens (tertiary/aromatic N) is 2. The van der Waals surface area contributed by atoms with Gasteiger partial charge >= 0.3 is 0 Å². The third kappa shape index (κ3) is 3.39. The van der Waals surface area contributed by atoms with Crippen LogP contribution in [0.25, 0.3) is 22.2 Å². The highest BCUT2D eigenvalue weighted by atomic mass is 16.5. The van der Waals surface area contributed by atoms with Gasteiger partial charge in [-0.2, -0.15) is 0 Å². The summed E-state index contributed by atoms with van der Waals surface area (Å²) in [7, 11) is 1.61. The zero-order valence-electron chi connectivity index (χ0n) is 16.9. The molecule has 0 bridgehead atoms. The van der Waals surface area contributed by atoms with Crippen LogP contribution in [0.15, 0.2) is 59.1 Å². The number of imidazole rings is 1. The first-order valence-corrected chi connectivity index (χ1v) is 10.2. The number of rotatable bonds is 5. The minimum Gasteiger partial charge on any atom is -0.451 e. The van der Waals surface area contributed by atoms with E-state index in [-0.39, 0.29) is 11.7 Å². The molecule has 0 aliphatic carbocycles. The molecular formula is C24H23N3O3. The highest BCUT2D eigenvalue weighted by Crippen LogP contribution is 2.28. The van der Waals surface area contributed by atoms with Crippen LogP contribution in [0.1, 0.15) is 34.8 Å². The summed E-state index contributed by atoms with van der Waals surface area (Å²) < 4.78 is 13.4. The number of carbonyl (C=O) groups is 1. The van der Waals surface area contributed by atoms with Crippen LogP contribution >= 0.6 is 0 Å². The Balaban J connectivity index is 1.43. The van der Waals surface area contributed by atoms with Crippen molar-refractivity contribution >= 4 is 22.6 Å². The number of methoxy groups -OCH3 is 1. The molecule has 4 aromatic rings. The van der Waals surface area contributed by atoms with Crippen molar-refractivity contribution in [2.24, 2.45) is 0 Å². The van der Waals surface area contributed by atoms with Gasteiger partial charge in [-0.3, -0.25) is 4.79 Å². The Kier molecular flexibility index (Phi) is 4.85. The van der Waals surface area contributed by atoms with Crippen LogP contribution in [0.5, 0.6) is 0 Å². The number of hydrogen-bond donors (Lipinski definition) is 1. The van der Waals surface area contributed by atoms with Crippen molar-refractivity contribution in [3.8, 4) is 11.3 Å². The highest BCUT2D eigenvalue weighted by Gasteiger charge is 2.21. The molecule has 2 aromatic carbocycles. The van der Waals surface area contributed by atoms with Crippen LogP contribution in [0.2, 0.25) is 0 Å². The van der Waals surface area contributed by atoms with Crippen molar-refractivity contribution in [3.05, 3.63) is 71.9 Å². The number of hydrogen-bond acceptors (Lipinski definition) is 4. The minimum atomic E-state index is -0.292. The van der Waals surface area contributed by atoms with Crippen LogP contribution in [0, 0.1) is 0 Å². The maximum absolute atomic E-state index is 13.0. The topological polar surface area (TPSA) is 69.3 Å². The number of nitrogens with one attached hydrogen (secondary N) is 1. The van der Waals surface area contributed by atoms with Gasteiger partial charge < -0.3 is 19.0 Å². The van der Waals surface area contributed by atoms with Crippen LogP contribution in [0.4, 0.5) is 5.69 Å². The predicted octanol–water partition coefficient (Wildman–Crippen LogP) is 5.03. The summed E-state index contributed by atoms with van der Waals surface area (Å²) in [5, 5.41) is 3.86. The van der Waals surface area contributed by atoms with Gasteiger partial charge in [0.25, 0.3) is 5.91 Å². The zero-order chi connectivity index (χ0) is 20.5. The molecule has 0 saturated heterocycles. The molecule has 0 unspecified atom stereocenters. The quantitative estimate of drug-likeness (QED) is 0.509. The molecule has 30 heavy (non-hydrogen) atoms. The van der Waals surface area contributed by atoms with Gasteiger partial charge in [-0.1, -0.05) is 30.3 Å². The van der Waals surface area contributed by atoms with E-state index in [4.69, 9.17) is 14.1 Å². The number of aromatic nitrogens is 2. The number of amides is 1. The molecule has 0 saturated carbocycles. The summed E-state index contributed by atoms with van der Waals surface area (Å²) in [6.07, 6.45) is 5.50. The summed E-state index contributed by atoms with van der Waals surface area (Å²) in [5.41, 5.74) is 4.05. The number of aryl methyl sites for hydroxylation is 2. The number of para-hydroxylation sites is 1. The lowest BCUT2D eigenvalue weighted by atomic mass is 10.1. The second kappa shape index (κ2) is 7.80. The third-order valence-electron chi connectivity index (χ3n) is 5.52. The molecule has 1 aliphatic rings. The van der Waals surface area contributed by atoms with E-state index in [2.05, 4.69) is 16.1 Å². The Morgan fingerprint density at radius 1 is 1.20 bits per heavy atom. The number of benzene rings is 2. The Morgan fingerprint density at radius 3 is 2.97 bits per heavy atom. The second-order valence-electron chi connectivity index (χ2n) is 7.57. The molecule has 5 rings (SSSR count).